The Labute approximate surface area is 139 Å². The fourth-order valence-corrected chi connectivity index (χ4v) is 4.31. The molecule has 2 nitrogen and oxygen atoms in total. The van der Waals surface area contributed by atoms with Crippen molar-refractivity contribution < 1.29 is 0 Å². The third-order valence-corrected chi connectivity index (χ3v) is 4.71. The summed E-state index contributed by atoms with van der Waals surface area (Å²) in [4.78, 5) is 4.52. The number of anilines is 1. The Morgan fingerprint density at radius 1 is 1.25 bits per heavy atom. The predicted octanol–water partition coefficient (Wildman–Crippen LogP) is 5.97. The Hall–Kier alpha value is -0.0900. The van der Waals surface area contributed by atoms with Gasteiger partial charge in [0.2, 0.25) is 0 Å². The van der Waals surface area contributed by atoms with Crippen molar-refractivity contribution in [3.8, 4) is 0 Å². The van der Waals surface area contributed by atoms with Crippen molar-refractivity contribution in [3.63, 3.8) is 0 Å². The summed E-state index contributed by atoms with van der Waals surface area (Å²) >= 11 is 20.0. The van der Waals surface area contributed by atoms with Gasteiger partial charge in [-0.2, -0.15) is 0 Å². The van der Waals surface area contributed by atoms with E-state index in [-0.39, 0.29) is 0 Å². The minimum atomic E-state index is 0.304. The standard InChI is InChI=1S/C14H17Cl3N2S/c1-14(2,3)6-9-7-18-13(20-9)19-12-10(16)4-8(15)5-11(12)17/h4-5,9H,6-7H2,1-3H3,(H,18,19). The van der Waals surface area contributed by atoms with Crippen LogP contribution in [0.1, 0.15) is 27.2 Å². The number of hydrogen-bond acceptors (Lipinski definition) is 3. The molecule has 1 aliphatic heterocycles. The van der Waals surface area contributed by atoms with Gasteiger partial charge in [-0.25, -0.2) is 0 Å². The first kappa shape index (κ1) is 16.3. The fourth-order valence-electron chi connectivity index (χ4n) is 2.04. The number of amidine groups is 1. The van der Waals surface area contributed by atoms with Crippen LogP contribution < -0.4 is 5.32 Å². The molecule has 0 spiro atoms. The Bertz CT molecular complexity index is 515. The lowest BCUT2D eigenvalue weighted by Crippen LogP contribution is -2.16. The molecule has 0 saturated carbocycles. The van der Waals surface area contributed by atoms with Crippen molar-refractivity contribution in [1.82, 2.24) is 0 Å². The molecule has 0 fully saturated rings. The van der Waals surface area contributed by atoms with E-state index in [0.717, 1.165) is 18.1 Å². The SMILES string of the molecule is CC(C)(C)CC1CN=C(Nc2c(Cl)cc(Cl)cc2Cl)S1. The molecule has 1 N–H and O–H groups in total. The van der Waals surface area contributed by atoms with Gasteiger partial charge in [0.05, 0.1) is 22.3 Å². The van der Waals surface area contributed by atoms with E-state index < -0.39 is 0 Å². The molecule has 0 amide bonds. The molecule has 0 bridgehead atoms. The number of nitrogens with one attached hydrogen (secondary N) is 1. The van der Waals surface area contributed by atoms with Crippen molar-refractivity contribution >= 4 is 57.4 Å². The third kappa shape index (κ3) is 4.45. The lowest BCUT2D eigenvalue weighted by Gasteiger charge is -2.21. The lowest BCUT2D eigenvalue weighted by atomic mass is 9.90. The number of aliphatic imine (C=N–C) groups is 1. The Morgan fingerprint density at radius 3 is 2.40 bits per heavy atom. The monoisotopic (exact) mass is 350 g/mol. The zero-order valence-corrected chi connectivity index (χ0v) is 14.7. The van der Waals surface area contributed by atoms with Gasteiger partial charge in [0.1, 0.15) is 0 Å². The molecule has 0 aliphatic carbocycles. The quantitative estimate of drug-likeness (QED) is 0.710. The minimum absolute atomic E-state index is 0.304. The van der Waals surface area contributed by atoms with E-state index in [4.69, 9.17) is 34.8 Å². The molecule has 0 aromatic heterocycles. The Morgan fingerprint density at radius 2 is 1.85 bits per heavy atom. The topological polar surface area (TPSA) is 24.4 Å². The highest BCUT2D eigenvalue weighted by molar-refractivity contribution is 8.15. The number of halogens is 3. The van der Waals surface area contributed by atoms with Crippen LogP contribution in [-0.4, -0.2) is 17.0 Å². The van der Waals surface area contributed by atoms with Crippen molar-refractivity contribution in [2.75, 3.05) is 11.9 Å². The average Bonchev–Trinajstić information content (AvgIpc) is 2.68. The summed E-state index contributed by atoms with van der Waals surface area (Å²) in [5.41, 5.74) is 0.971. The first-order chi connectivity index (χ1) is 9.24. The molecule has 1 unspecified atom stereocenters. The van der Waals surface area contributed by atoms with Crippen LogP contribution in [0.25, 0.3) is 0 Å². The van der Waals surface area contributed by atoms with Gasteiger partial charge in [-0.1, -0.05) is 67.3 Å². The van der Waals surface area contributed by atoms with Crippen molar-refractivity contribution in [1.29, 1.82) is 0 Å². The highest BCUT2D eigenvalue weighted by atomic mass is 35.5. The first-order valence-electron chi connectivity index (χ1n) is 6.37. The van der Waals surface area contributed by atoms with Crippen LogP contribution in [0, 0.1) is 5.41 Å². The van der Waals surface area contributed by atoms with E-state index in [9.17, 15) is 0 Å². The number of hydrogen-bond donors (Lipinski definition) is 1. The zero-order chi connectivity index (χ0) is 14.9. The van der Waals surface area contributed by atoms with E-state index in [0.29, 0.717) is 31.4 Å². The van der Waals surface area contributed by atoms with Crippen molar-refractivity contribution in [2.24, 2.45) is 10.4 Å². The molecule has 1 heterocycles. The second-order valence-electron chi connectivity index (χ2n) is 6.02. The molecule has 1 aromatic carbocycles. The Balaban J connectivity index is 2.03. The molecule has 110 valence electrons. The highest BCUT2D eigenvalue weighted by Gasteiger charge is 2.25. The van der Waals surface area contributed by atoms with Gasteiger partial charge in [0.15, 0.2) is 5.17 Å². The van der Waals surface area contributed by atoms with Crippen LogP contribution in [-0.2, 0) is 0 Å². The van der Waals surface area contributed by atoms with Crippen LogP contribution in [0.15, 0.2) is 17.1 Å². The summed E-state index contributed by atoms with van der Waals surface area (Å²) in [5.74, 6) is 0. The molecular weight excluding hydrogens is 335 g/mol. The summed E-state index contributed by atoms with van der Waals surface area (Å²) in [6.45, 7) is 7.55. The largest absolute Gasteiger partial charge is 0.333 e. The predicted molar refractivity (Wildman–Crippen MR) is 92.8 cm³/mol. The maximum Gasteiger partial charge on any atom is 0.161 e. The number of thioether (sulfide) groups is 1. The Kier molecular flexibility index (Phi) is 5.17. The molecule has 20 heavy (non-hydrogen) atoms. The van der Waals surface area contributed by atoms with Gasteiger partial charge in [0, 0.05) is 10.3 Å². The minimum Gasteiger partial charge on any atom is -0.333 e. The highest BCUT2D eigenvalue weighted by Crippen LogP contribution is 2.37. The van der Waals surface area contributed by atoms with Gasteiger partial charge >= 0.3 is 0 Å². The van der Waals surface area contributed by atoms with Crippen molar-refractivity contribution in [2.45, 2.75) is 32.4 Å². The molecule has 0 saturated heterocycles. The zero-order valence-electron chi connectivity index (χ0n) is 11.6. The second kappa shape index (κ2) is 6.35. The van der Waals surface area contributed by atoms with Gasteiger partial charge in [-0.05, 0) is 24.0 Å². The van der Waals surface area contributed by atoms with Gasteiger partial charge in [-0.3, -0.25) is 4.99 Å². The van der Waals surface area contributed by atoms with Gasteiger partial charge in [0.25, 0.3) is 0 Å². The van der Waals surface area contributed by atoms with E-state index in [1.807, 2.05) is 0 Å². The summed E-state index contributed by atoms with van der Waals surface area (Å²) in [7, 11) is 0. The van der Waals surface area contributed by atoms with E-state index in [2.05, 4.69) is 31.1 Å². The summed E-state index contributed by atoms with van der Waals surface area (Å²) in [6, 6.07) is 3.34. The summed E-state index contributed by atoms with van der Waals surface area (Å²) in [6.07, 6.45) is 1.12. The van der Waals surface area contributed by atoms with Gasteiger partial charge in [-0.15, -0.1) is 0 Å². The summed E-state index contributed by atoms with van der Waals surface area (Å²) < 4.78 is 0. The lowest BCUT2D eigenvalue weighted by molar-refractivity contribution is 0.375. The number of benzene rings is 1. The average molecular weight is 352 g/mol. The molecule has 1 aromatic rings. The number of rotatable bonds is 2. The van der Waals surface area contributed by atoms with Crippen LogP contribution >= 0.6 is 46.6 Å². The molecular formula is C14H17Cl3N2S. The van der Waals surface area contributed by atoms with Crippen LogP contribution in [0.5, 0.6) is 0 Å². The smallest absolute Gasteiger partial charge is 0.161 e. The van der Waals surface area contributed by atoms with E-state index in [1.165, 1.54) is 0 Å². The second-order valence-corrected chi connectivity index (χ2v) is 8.56. The molecule has 0 radical (unpaired) electrons. The molecule has 1 atom stereocenters. The molecule has 1 aliphatic rings. The molecule has 2 rings (SSSR count). The fraction of sp³-hybridized carbons (Fsp3) is 0.500. The summed E-state index contributed by atoms with van der Waals surface area (Å²) in [5, 5.41) is 6.11. The van der Waals surface area contributed by atoms with Crippen molar-refractivity contribution in [3.05, 3.63) is 27.2 Å². The van der Waals surface area contributed by atoms with Crippen LogP contribution in [0.3, 0.4) is 0 Å². The van der Waals surface area contributed by atoms with Crippen LogP contribution in [0.4, 0.5) is 5.69 Å². The van der Waals surface area contributed by atoms with E-state index >= 15 is 0 Å². The third-order valence-electron chi connectivity index (χ3n) is 2.80. The number of nitrogens with zero attached hydrogens (tertiary/aromatic N) is 1. The maximum atomic E-state index is 6.16. The van der Waals surface area contributed by atoms with E-state index in [1.54, 1.807) is 23.9 Å². The molecule has 6 heteroatoms. The first-order valence-corrected chi connectivity index (χ1v) is 8.38. The normalized spacial score (nSPS) is 19.1. The van der Waals surface area contributed by atoms with Gasteiger partial charge < -0.3 is 5.32 Å². The maximum absolute atomic E-state index is 6.16. The van der Waals surface area contributed by atoms with Crippen LogP contribution in [0.2, 0.25) is 15.1 Å².